The third-order valence-corrected chi connectivity index (χ3v) is 5.37. The lowest BCUT2D eigenvalue weighted by Crippen LogP contribution is -2.31. The first-order valence-electron chi connectivity index (χ1n) is 9.31. The molecule has 0 unspecified atom stereocenters. The molecule has 3 aromatic heterocycles. The van der Waals surface area contributed by atoms with Gasteiger partial charge in [0.25, 0.3) is 5.91 Å². The molecule has 1 aliphatic rings. The Morgan fingerprint density at radius 3 is 2.97 bits per heavy atom. The third kappa shape index (κ3) is 3.15. The minimum atomic E-state index is -0.233. The van der Waals surface area contributed by atoms with Crippen LogP contribution in [0, 0.1) is 6.92 Å². The maximum Gasteiger partial charge on any atom is 0.255 e. The number of hydrogen-bond acceptors (Lipinski definition) is 6. The Balaban J connectivity index is 1.62. The lowest BCUT2D eigenvalue weighted by Gasteiger charge is -2.23. The van der Waals surface area contributed by atoms with Crippen LogP contribution in [0.25, 0.3) is 22.2 Å². The second kappa shape index (κ2) is 6.97. The number of pyridine rings is 1. The molecule has 1 aliphatic heterocycles. The van der Waals surface area contributed by atoms with Crippen LogP contribution in [0.4, 0.5) is 0 Å². The molecule has 4 aromatic rings. The fourth-order valence-corrected chi connectivity index (χ4v) is 3.96. The van der Waals surface area contributed by atoms with Crippen molar-refractivity contribution >= 4 is 28.4 Å². The van der Waals surface area contributed by atoms with Gasteiger partial charge in [-0.1, -0.05) is 16.8 Å². The number of carbonyl (C=O) groups is 1. The number of aryl methyl sites for hydroxylation is 1. The fraction of sp³-hybridized carbons (Fsp3) is 0.250. The smallest absolute Gasteiger partial charge is 0.255 e. The van der Waals surface area contributed by atoms with Crippen LogP contribution in [-0.2, 0) is 0 Å². The molecule has 0 aliphatic carbocycles. The van der Waals surface area contributed by atoms with Gasteiger partial charge in [-0.15, -0.1) is 0 Å². The first-order chi connectivity index (χ1) is 14.1. The molecule has 1 saturated heterocycles. The van der Waals surface area contributed by atoms with Crippen molar-refractivity contribution in [2.75, 3.05) is 6.54 Å². The standard InChI is InChI=1S/C20H17ClN6O2/c1-11-24-19(29-26-11)18-3-2-6-27(18)20(28)15-8-17(12-9-22-23-10-12)25-16-5-4-13(21)7-14(15)16/h4-5,7-10,18H,2-3,6H2,1H3,(H,22,23)/t18-/m0/s1. The van der Waals surface area contributed by atoms with E-state index in [0.717, 1.165) is 18.4 Å². The minimum absolute atomic E-state index is 0.109. The zero-order valence-corrected chi connectivity index (χ0v) is 16.3. The van der Waals surface area contributed by atoms with Crippen LogP contribution in [0.15, 0.2) is 41.2 Å². The summed E-state index contributed by atoms with van der Waals surface area (Å²) in [5.74, 6) is 0.922. The van der Waals surface area contributed by atoms with Crippen molar-refractivity contribution < 1.29 is 9.32 Å². The van der Waals surface area contributed by atoms with E-state index in [-0.39, 0.29) is 11.9 Å². The minimum Gasteiger partial charge on any atom is -0.337 e. The molecule has 5 rings (SSSR count). The quantitative estimate of drug-likeness (QED) is 0.550. The fourth-order valence-electron chi connectivity index (χ4n) is 3.78. The maximum atomic E-state index is 13.6. The summed E-state index contributed by atoms with van der Waals surface area (Å²) in [5.41, 5.74) is 2.71. The second-order valence-electron chi connectivity index (χ2n) is 7.04. The molecule has 146 valence electrons. The number of amides is 1. The van der Waals surface area contributed by atoms with E-state index in [1.54, 1.807) is 42.4 Å². The summed E-state index contributed by atoms with van der Waals surface area (Å²) in [6, 6.07) is 6.92. The van der Waals surface area contributed by atoms with Gasteiger partial charge < -0.3 is 9.42 Å². The zero-order valence-electron chi connectivity index (χ0n) is 15.6. The van der Waals surface area contributed by atoms with Crippen LogP contribution < -0.4 is 0 Å². The number of fused-ring (bicyclic) bond motifs is 1. The number of nitrogens with zero attached hydrogens (tertiary/aromatic N) is 5. The normalized spacial score (nSPS) is 16.6. The molecule has 1 aromatic carbocycles. The summed E-state index contributed by atoms with van der Waals surface area (Å²) < 4.78 is 5.35. The van der Waals surface area contributed by atoms with Crippen molar-refractivity contribution in [1.29, 1.82) is 0 Å². The predicted molar refractivity (Wildman–Crippen MR) is 106 cm³/mol. The molecule has 1 amide bonds. The molecule has 0 radical (unpaired) electrons. The van der Waals surface area contributed by atoms with Crippen molar-refractivity contribution in [3.05, 3.63) is 59.0 Å². The summed E-state index contributed by atoms with van der Waals surface area (Å²) in [7, 11) is 0. The van der Waals surface area contributed by atoms with E-state index in [1.807, 2.05) is 6.07 Å². The van der Waals surface area contributed by atoms with Gasteiger partial charge >= 0.3 is 0 Å². The Hall–Kier alpha value is -3.26. The molecule has 1 N–H and O–H groups in total. The highest BCUT2D eigenvalue weighted by Crippen LogP contribution is 2.34. The van der Waals surface area contributed by atoms with Crippen molar-refractivity contribution in [2.24, 2.45) is 0 Å². The molecule has 1 fully saturated rings. The van der Waals surface area contributed by atoms with Crippen LogP contribution in [-0.4, -0.2) is 42.7 Å². The molecular formula is C20H17ClN6O2. The van der Waals surface area contributed by atoms with E-state index in [1.165, 1.54) is 0 Å². The number of hydrogen-bond donors (Lipinski definition) is 1. The maximum absolute atomic E-state index is 13.6. The van der Waals surface area contributed by atoms with E-state index < -0.39 is 0 Å². The van der Waals surface area contributed by atoms with Gasteiger partial charge in [0.05, 0.1) is 23.0 Å². The van der Waals surface area contributed by atoms with Crippen LogP contribution >= 0.6 is 11.6 Å². The van der Waals surface area contributed by atoms with E-state index in [4.69, 9.17) is 16.1 Å². The average Bonchev–Trinajstić information content (AvgIpc) is 3.47. The number of halogens is 1. The van der Waals surface area contributed by atoms with Crippen LogP contribution in [0.1, 0.15) is 41.0 Å². The molecule has 0 spiro atoms. The summed E-state index contributed by atoms with van der Waals surface area (Å²) in [5, 5.41) is 11.9. The topological polar surface area (TPSA) is 101 Å². The zero-order chi connectivity index (χ0) is 20.0. The van der Waals surface area contributed by atoms with Crippen molar-refractivity contribution in [3.8, 4) is 11.3 Å². The first-order valence-corrected chi connectivity index (χ1v) is 9.68. The Kier molecular flexibility index (Phi) is 4.28. The van der Waals surface area contributed by atoms with Gasteiger partial charge in [0, 0.05) is 28.7 Å². The largest absolute Gasteiger partial charge is 0.337 e. The molecule has 1 atom stereocenters. The van der Waals surface area contributed by atoms with E-state index in [0.29, 0.717) is 45.4 Å². The van der Waals surface area contributed by atoms with Crippen LogP contribution in [0.5, 0.6) is 0 Å². The lowest BCUT2D eigenvalue weighted by molar-refractivity contribution is 0.0712. The van der Waals surface area contributed by atoms with Gasteiger partial charge in [-0.25, -0.2) is 4.98 Å². The van der Waals surface area contributed by atoms with Crippen molar-refractivity contribution in [2.45, 2.75) is 25.8 Å². The van der Waals surface area contributed by atoms with E-state index >= 15 is 0 Å². The first kappa shape index (κ1) is 17.8. The molecule has 29 heavy (non-hydrogen) atoms. The molecule has 8 nitrogen and oxygen atoms in total. The average molecular weight is 409 g/mol. The Labute approximate surface area is 170 Å². The summed E-state index contributed by atoms with van der Waals surface area (Å²) >= 11 is 6.22. The Bertz CT molecular complexity index is 1200. The Morgan fingerprint density at radius 1 is 1.31 bits per heavy atom. The number of benzene rings is 1. The molecular weight excluding hydrogens is 392 g/mol. The number of carbonyl (C=O) groups excluding carboxylic acids is 1. The van der Waals surface area contributed by atoms with Crippen LogP contribution in [0.3, 0.4) is 0 Å². The van der Waals surface area contributed by atoms with Crippen molar-refractivity contribution in [3.63, 3.8) is 0 Å². The number of aromatic nitrogens is 5. The van der Waals surface area contributed by atoms with Gasteiger partial charge in [0.1, 0.15) is 6.04 Å². The van der Waals surface area contributed by atoms with Gasteiger partial charge in [0.2, 0.25) is 5.89 Å². The van der Waals surface area contributed by atoms with E-state index in [2.05, 4.69) is 25.3 Å². The summed E-state index contributed by atoms with van der Waals surface area (Å²) in [6.45, 7) is 2.39. The van der Waals surface area contributed by atoms with Gasteiger partial charge in [-0.3, -0.25) is 9.89 Å². The lowest BCUT2D eigenvalue weighted by atomic mass is 10.0. The number of rotatable bonds is 3. The number of aromatic amines is 1. The summed E-state index contributed by atoms with van der Waals surface area (Å²) in [4.78, 5) is 24.4. The van der Waals surface area contributed by atoms with Gasteiger partial charge in [-0.05, 0) is 44.0 Å². The van der Waals surface area contributed by atoms with Crippen LogP contribution in [0.2, 0.25) is 5.02 Å². The highest BCUT2D eigenvalue weighted by Gasteiger charge is 2.35. The monoisotopic (exact) mass is 408 g/mol. The molecule has 9 heteroatoms. The third-order valence-electron chi connectivity index (χ3n) is 5.14. The number of likely N-dealkylation sites (tertiary alicyclic amines) is 1. The Morgan fingerprint density at radius 2 is 2.21 bits per heavy atom. The van der Waals surface area contributed by atoms with Crippen molar-refractivity contribution in [1.82, 2.24) is 30.2 Å². The molecule has 0 bridgehead atoms. The number of nitrogens with one attached hydrogen (secondary N) is 1. The number of H-pyrrole nitrogens is 1. The van der Waals surface area contributed by atoms with Gasteiger partial charge in [-0.2, -0.15) is 10.1 Å². The summed E-state index contributed by atoms with van der Waals surface area (Å²) in [6.07, 6.45) is 5.08. The molecule has 4 heterocycles. The molecule has 0 saturated carbocycles. The SMILES string of the molecule is Cc1noc([C@@H]2CCCN2C(=O)c2cc(-c3cn[nH]c3)nc3ccc(Cl)cc23)n1. The highest BCUT2D eigenvalue weighted by molar-refractivity contribution is 6.31. The second-order valence-corrected chi connectivity index (χ2v) is 7.48. The predicted octanol–water partition coefficient (Wildman–Crippen LogP) is 3.95. The van der Waals surface area contributed by atoms with E-state index in [9.17, 15) is 4.79 Å². The highest BCUT2D eigenvalue weighted by atomic mass is 35.5. The van der Waals surface area contributed by atoms with Gasteiger partial charge in [0.15, 0.2) is 5.82 Å².